The predicted octanol–water partition coefficient (Wildman–Crippen LogP) is 4.98. The van der Waals surface area contributed by atoms with Crippen LogP contribution in [0.2, 0.25) is 0 Å². The van der Waals surface area contributed by atoms with Crippen LogP contribution in [0.15, 0.2) is 46.9 Å². The summed E-state index contributed by atoms with van der Waals surface area (Å²) in [5.74, 6) is 1.17. The van der Waals surface area contributed by atoms with Crippen molar-refractivity contribution in [3.63, 3.8) is 0 Å². The molecule has 25 heavy (non-hydrogen) atoms. The van der Waals surface area contributed by atoms with E-state index >= 15 is 0 Å². The third-order valence-corrected chi connectivity index (χ3v) is 6.02. The normalized spacial score (nSPS) is 12.0. The minimum Gasteiger partial charge on any atom is -0.320 e. The highest BCUT2D eigenvalue weighted by molar-refractivity contribution is 9.10. The van der Waals surface area contributed by atoms with E-state index in [0.717, 1.165) is 17.2 Å². The molecule has 0 fully saturated rings. The van der Waals surface area contributed by atoms with Crippen molar-refractivity contribution < 1.29 is 23.1 Å². The second-order valence-corrected chi connectivity index (χ2v) is 8.69. The average molecular weight is 448 g/mol. The van der Waals surface area contributed by atoms with Gasteiger partial charge in [-0.3, -0.25) is 4.57 Å². The van der Waals surface area contributed by atoms with E-state index in [9.17, 15) is 13.3 Å². The van der Waals surface area contributed by atoms with Gasteiger partial charge in [0, 0.05) is 21.5 Å². The molecule has 0 radical (unpaired) electrons. The molecule has 2 aromatic rings. The topological polar surface area (TPSA) is 81.3 Å². The van der Waals surface area contributed by atoms with Crippen LogP contribution in [0.5, 0.6) is 0 Å². The molecule has 4 nitrogen and oxygen atoms in total. The van der Waals surface area contributed by atoms with Gasteiger partial charge in [0.05, 0.1) is 11.6 Å². The molecule has 2 rings (SSSR count). The van der Waals surface area contributed by atoms with E-state index < -0.39 is 18.8 Å². The fourth-order valence-corrected chi connectivity index (χ4v) is 4.34. The Labute approximate surface area is 156 Å². The Kier molecular flexibility index (Phi) is 6.41. The second-order valence-electron chi connectivity index (χ2n) is 5.20. The van der Waals surface area contributed by atoms with E-state index in [1.54, 1.807) is 18.2 Å². The highest BCUT2D eigenvalue weighted by Crippen LogP contribution is 2.60. The molecule has 2 aromatic carbocycles. The number of alkyl halides is 2. The molecule has 0 aromatic heterocycles. The van der Waals surface area contributed by atoms with Gasteiger partial charge < -0.3 is 9.79 Å². The van der Waals surface area contributed by atoms with Crippen LogP contribution < -0.4 is 0 Å². The first-order chi connectivity index (χ1) is 11.6. The summed E-state index contributed by atoms with van der Waals surface area (Å²) in [6.45, 7) is 0. The highest BCUT2D eigenvalue weighted by Gasteiger charge is 2.51. The maximum atomic E-state index is 13.8. The molecule has 0 unspecified atom stereocenters. The molecule has 2 N–H and O–H groups in total. The Morgan fingerprint density at radius 3 is 2.36 bits per heavy atom. The lowest BCUT2D eigenvalue weighted by molar-refractivity contribution is 0.0557. The first-order valence-corrected chi connectivity index (χ1v) is 10.5. The van der Waals surface area contributed by atoms with Gasteiger partial charge in [-0.1, -0.05) is 40.2 Å². The Balaban J connectivity index is 2.06. The number of hydrogen-bond donors (Lipinski definition) is 2. The van der Waals surface area contributed by atoms with Gasteiger partial charge in [0.25, 0.3) is 0 Å². The fraction of sp³-hybridized carbons (Fsp3) is 0.188. The van der Waals surface area contributed by atoms with Crippen molar-refractivity contribution in [2.75, 3.05) is 0 Å². The largest absolute Gasteiger partial charge is 0.399 e. The fourth-order valence-electron chi connectivity index (χ4n) is 2.07. The van der Waals surface area contributed by atoms with E-state index in [-0.39, 0.29) is 4.47 Å². The number of nitriles is 1. The zero-order valence-electron chi connectivity index (χ0n) is 12.7. The van der Waals surface area contributed by atoms with Gasteiger partial charge in [0.15, 0.2) is 0 Å². The molecule has 0 aliphatic carbocycles. The smallest absolute Gasteiger partial charge is 0.320 e. The van der Waals surface area contributed by atoms with E-state index in [1.165, 1.54) is 23.9 Å². The summed E-state index contributed by atoms with van der Waals surface area (Å²) in [5, 5.41) is 8.87. The molecule has 0 spiro atoms. The zero-order chi connectivity index (χ0) is 18.7. The molecular weight excluding hydrogens is 435 g/mol. The molecule has 0 saturated carbocycles. The monoisotopic (exact) mass is 447 g/mol. The van der Waals surface area contributed by atoms with Crippen molar-refractivity contribution in [1.82, 2.24) is 0 Å². The minimum absolute atomic E-state index is 0.0506. The number of thioether (sulfide) groups is 1. The molecule has 0 bridgehead atoms. The Bertz CT molecular complexity index is 867. The average Bonchev–Trinajstić information content (AvgIpc) is 2.54. The summed E-state index contributed by atoms with van der Waals surface area (Å²) in [5.41, 5.74) is -2.69. The third kappa shape index (κ3) is 4.90. The maximum Gasteiger partial charge on any atom is 0.399 e. The van der Waals surface area contributed by atoms with Gasteiger partial charge >= 0.3 is 13.3 Å². The summed E-state index contributed by atoms with van der Waals surface area (Å²) in [4.78, 5) is 17.6. The third-order valence-electron chi connectivity index (χ3n) is 3.32. The summed E-state index contributed by atoms with van der Waals surface area (Å²) < 4.78 is 38.5. The Morgan fingerprint density at radius 2 is 1.80 bits per heavy atom. The van der Waals surface area contributed by atoms with E-state index in [0.29, 0.717) is 17.1 Å². The van der Waals surface area contributed by atoms with E-state index in [4.69, 9.17) is 15.0 Å². The number of benzene rings is 2. The zero-order valence-corrected chi connectivity index (χ0v) is 16.0. The Hall–Kier alpha value is -1.23. The number of nitrogens with zero attached hydrogens (tertiary/aromatic N) is 1. The van der Waals surface area contributed by atoms with Gasteiger partial charge in [-0.25, -0.2) is 0 Å². The van der Waals surface area contributed by atoms with Crippen LogP contribution in [-0.4, -0.2) is 9.79 Å². The van der Waals surface area contributed by atoms with Crippen LogP contribution in [0, 0.1) is 11.3 Å². The lowest BCUT2D eigenvalue weighted by Crippen LogP contribution is -2.14. The van der Waals surface area contributed by atoms with Crippen LogP contribution in [0.25, 0.3) is 0 Å². The Morgan fingerprint density at radius 1 is 1.16 bits per heavy atom. The molecule has 0 saturated heterocycles. The van der Waals surface area contributed by atoms with Gasteiger partial charge in [-0.15, -0.1) is 0 Å². The molecule has 0 amide bonds. The van der Waals surface area contributed by atoms with Crippen molar-refractivity contribution >= 4 is 35.3 Å². The predicted molar refractivity (Wildman–Crippen MR) is 96.2 cm³/mol. The van der Waals surface area contributed by atoms with Crippen LogP contribution >= 0.6 is 35.3 Å². The summed E-state index contributed by atoms with van der Waals surface area (Å²) in [7, 11) is -5.60. The van der Waals surface area contributed by atoms with Crippen LogP contribution in [0.3, 0.4) is 0 Å². The van der Waals surface area contributed by atoms with Gasteiger partial charge in [-0.2, -0.15) is 25.8 Å². The molecule has 132 valence electrons. The number of hydrogen-bond acceptors (Lipinski definition) is 3. The van der Waals surface area contributed by atoms with E-state index in [2.05, 4.69) is 22.0 Å². The quantitative estimate of drug-likeness (QED) is 0.610. The standard InChI is InChI=1S/C16H13BrF2NO3PS/c17-15-7-13(4-5-14(15)16(18,19)24(21,22)23)10-25-9-12-3-1-2-11(6-12)8-20/h1-7H,9-10H2,(H2,21,22,23). The SMILES string of the molecule is N#Cc1cccc(CSCc2ccc(C(F)(F)P(=O)(O)O)c(Br)c2)c1. The van der Waals surface area contributed by atoms with Crippen molar-refractivity contribution in [1.29, 1.82) is 5.26 Å². The van der Waals surface area contributed by atoms with Crippen molar-refractivity contribution in [3.8, 4) is 6.07 Å². The molecule has 0 heterocycles. The van der Waals surface area contributed by atoms with Crippen LogP contribution in [0.1, 0.15) is 22.3 Å². The summed E-state index contributed by atoms with van der Waals surface area (Å²) >= 11 is 4.50. The van der Waals surface area contributed by atoms with Gasteiger partial charge in [-0.05, 0) is 29.3 Å². The molecule has 0 aliphatic heterocycles. The molecule has 9 heteroatoms. The van der Waals surface area contributed by atoms with Gasteiger partial charge in [0.2, 0.25) is 0 Å². The van der Waals surface area contributed by atoms with Crippen molar-refractivity contribution in [2.45, 2.75) is 17.2 Å². The number of rotatable bonds is 6. The first kappa shape index (κ1) is 20.1. The summed E-state index contributed by atoms with van der Waals surface area (Å²) in [6.07, 6.45) is 0. The highest BCUT2D eigenvalue weighted by atomic mass is 79.9. The summed E-state index contributed by atoms with van der Waals surface area (Å²) in [6, 6.07) is 13.1. The van der Waals surface area contributed by atoms with Gasteiger partial charge in [0.1, 0.15) is 0 Å². The molecular formula is C16H13BrF2NO3PS. The van der Waals surface area contributed by atoms with Crippen LogP contribution in [-0.2, 0) is 21.7 Å². The van der Waals surface area contributed by atoms with Crippen molar-refractivity contribution in [3.05, 3.63) is 69.2 Å². The lowest BCUT2D eigenvalue weighted by atomic mass is 10.1. The first-order valence-electron chi connectivity index (χ1n) is 6.94. The van der Waals surface area contributed by atoms with Crippen molar-refractivity contribution in [2.24, 2.45) is 0 Å². The minimum atomic E-state index is -5.60. The van der Waals surface area contributed by atoms with Crippen LogP contribution in [0.4, 0.5) is 8.78 Å². The lowest BCUT2D eigenvalue weighted by Gasteiger charge is -2.19. The number of halogens is 3. The van der Waals surface area contributed by atoms with E-state index in [1.807, 2.05) is 6.07 Å². The molecule has 0 atom stereocenters. The second kappa shape index (κ2) is 7.98. The maximum absolute atomic E-state index is 13.8. The molecule has 0 aliphatic rings.